The third-order valence-electron chi connectivity index (χ3n) is 1.36. The van der Waals surface area contributed by atoms with Crippen LogP contribution in [0.15, 0.2) is 0 Å². The zero-order chi connectivity index (χ0) is 9.56. The molecule has 0 spiro atoms. The van der Waals surface area contributed by atoms with Crippen molar-refractivity contribution in [3.05, 3.63) is 0 Å². The average molecular weight is 193 g/mol. The summed E-state index contributed by atoms with van der Waals surface area (Å²) in [5.74, 6) is -0.239. The van der Waals surface area contributed by atoms with E-state index in [0.717, 1.165) is 0 Å². The topological polar surface area (TPSA) is 66.4 Å². The Hall–Kier alpha value is -0.420. The van der Waals surface area contributed by atoms with E-state index in [1.165, 1.54) is 0 Å². The summed E-state index contributed by atoms with van der Waals surface area (Å²) in [7, 11) is -0.805. The smallest absolute Gasteiger partial charge is 0.304 e. The van der Waals surface area contributed by atoms with E-state index < -0.39 is 16.8 Å². The predicted octanol–water partition coefficient (Wildman–Crippen LogP) is -0.182. The van der Waals surface area contributed by atoms with Gasteiger partial charge >= 0.3 is 5.97 Å². The molecular weight excluding hydrogens is 178 g/mol. The molecule has 0 rings (SSSR count). The zero-order valence-corrected chi connectivity index (χ0v) is 8.19. The first-order chi connectivity index (χ1) is 5.52. The first kappa shape index (κ1) is 11.6. The lowest BCUT2D eigenvalue weighted by Gasteiger charge is -2.09. The van der Waals surface area contributed by atoms with E-state index in [9.17, 15) is 9.00 Å². The van der Waals surface area contributed by atoms with Gasteiger partial charge < -0.3 is 10.4 Å². The Kier molecular flexibility index (Phi) is 5.92. The molecule has 0 aliphatic rings. The molecule has 0 radical (unpaired) electrons. The quantitative estimate of drug-likeness (QED) is 0.614. The Morgan fingerprint density at radius 1 is 1.67 bits per heavy atom. The molecule has 0 aromatic heterocycles. The van der Waals surface area contributed by atoms with Gasteiger partial charge in [0.2, 0.25) is 0 Å². The third kappa shape index (κ3) is 7.68. The minimum absolute atomic E-state index is 0.0500. The van der Waals surface area contributed by atoms with Crippen LogP contribution in [0.25, 0.3) is 0 Å². The Labute approximate surface area is 74.8 Å². The highest BCUT2D eigenvalue weighted by Gasteiger charge is 2.05. The van der Waals surface area contributed by atoms with Crippen LogP contribution in [0.2, 0.25) is 0 Å². The van der Waals surface area contributed by atoms with E-state index in [-0.39, 0.29) is 12.5 Å². The van der Waals surface area contributed by atoms with Crippen LogP contribution >= 0.6 is 0 Å². The number of carboxylic acids is 1. The minimum atomic E-state index is -0.812. The van der Waals surface area contributed by atoms with Gasteiger partial charge in [-0.2, -0.15) is 0 Å². The van der Waals surface area contributed by atoms with Crippen LogP contribution in [0.4, 0.5) is 0 Å². The highest BCUT2D eigenvalue weighted by atomic mass is 32.2. The molecule has 0 fully saturated rings. The van der Waals surface area contributed by atoms with Gasteiger partial charge in [-0.1, -0.05) is 0 Å². The monoisotopic (exact) mass is 193 g/mol. The lowest BCUT2D eigenvalue weighted by molar-refractivity contribution is -0.137. The summed E-state index contributed by atoms with van der Waals surface area (Å²) in [5.41, 5.74) is 0. The Morgan fingerprint density at radius 2 is 2.25 bits per heavy atom. The standard InChI is InChI=1S/C7H15NO3S/c1-6(5-7(9)10)8-3-4-12(2)11/h6,8H,3-5H2,1-2H3,(H,9,10). The Morgan fingerprint density at radius 3 is 2.67 bits per heavy atom. The number of hydrogen-bond acceptors (Lipinski definition) is 3. The summed E-state index contributed by atoms with van der Waals surface area (Å²) in [5, 5.41) is 11.4. The summed E-state index contributed by atoms with van der Waals surface area (Å²) >= 11 is 0. The van der Waals surface area contributed by atoms with Gasteiger partial charge in [0, 0.05) is 35.4 Å². The van der Waals surface area contributed by atoms with E-state index in [4.69, 9.17) is 5.11 Å². The number of carboxylic acid groups (broad SMARTS) is 1. The van der Waals surface area contributed by atoms with Crippen LogP contribution < -0.4 is 5.32 Å². The molecule has 2 N–H and O–H groups in total. The first-order valence-electron chi connectivity index (χ1n) is 3.77. The molecule has 0 bridgehead atoms. The molecule has 0 aromatic carbocycles. The number of aliphatic carboxylic acids is 1. The van der Waals surface area contributed by atoms with Gasteiger partial charge in [0.25, 0.3) is 0 Å². The Balaban J connectivity index is 3.37. The van der Waals surface area contributed by atoms with Gasteiger partial charge in [-0.3, -0.25) is 9.00 Å². The van der Waals surface area contributed by atoms with Crippen molar-refractivity contribution in [2.75, 3.05) is 18.6 Å². The summed E-state index contributed by atoms with van der Waals surface area (Å²) in [6.07, 6.45) is 1.74. The van der Waals surface area contributed by atoms with Gasteiger partial charge in [-0.25, -0.2) is 0 Å². The minimum Gasteiger partial charge on any atom is -0.481 e. The van der Waals surface area contributed by atoms with Crippen LogP contribution in [-0.2, 0) is 15.6 Å². The average Bonchev–Trinajstić information content (AvgIpc) is 1.84. The molecule has 12 heavy (non-hydrogen) atoms. The molecule has 0 amide bonds. The van der Waals surface area contributed by atoms with Crippen molar-refractivity contribution in [3.8, 4) is 0 Å². The highest BCUT2D eigenvalue weighted by Crippen LogP contribution is 1.89. The van der Waals surface area contributed by atoms with Crippen LogP contribution in [-0.4, -0.2) is 39.9 Å². The molecule has 2 atom stereocenters. The van der Waals surface area contributed by atoms with Crippen molar-refractivity contribution in [1.29, 1.82) is 0 Å². The fourth-order valence-electron chi connectivity index (χ4n) is 0.783. The molecule has 0 aromatic rings. The SMILES string of the molecule is CC(CC(=O)O)NCCS(C)=O. The second kappa shape index (κ2) is 6.14. The molecule has 72 valence electrons. The third-order valence-corrected chi connectivity index (χ3v) is 2.14. The Bertz CT molecular complexity index is 172. The van der Waals surface area contributed by atoms with Gasteiger partial charge in [0.15, 0.2) is 0 Å². The maximum absolute atomic E-state index is 10.6. The maximum Gasteiger partial charge on any atom is 0.304 e. The molecule has 0 aliphatic heterocycles. The second-order valence-corrected chi connectivity index (χ2v) is 4.28. The summed E-state index contributed by atoms with van der Waals surface area (Å²) in [6, 6.07) is -0.0500. The van der Waals surface area contributed by atoms with Crippen LogP contribution in [0.1, 0.15) is 13.3 Å². The first-order valence-corrected chi connectivity index (χ1v) is 5.50. The lowest BCUT2D eigenvalue weighted by atomic mass is 10.2. The molecule has 0 heterocycles. The van der Waals surface area contributed by atoms with Crippen molar-refractivity contribution >= 4 is 16.8 Å². The molecule has 2 unspecified atom stereocenters. The molecule has 0 aliphatic carbocycles. The number of rotatable bonds is 6. The van der Waals surface area contributed by atoms with E-state index in [1.807, 2.05) is 0 Å². The number of hydrogen-bond donors (Lipinski definition) is 2. The normalized spacial score (nSPS) is 15.5. The van der Waals surface area contributed by atoms with E-state index >= 15 is 0 Å². The van der Waals surface area contributed by atoms with Gasteiger partial charge in [-0.15, -0.1) is 0 Å². The molecule has 0 saturated carbocycles. The highest BCUT2D eigenvalue weighted by molar-refractivity contribution is 7.84. The molecule has 4 nitrogen and oxygen atoms in total. The van der Waals surface area contributed by atoms with Gasteiger partial charge in [-0.05, 0) is 6.92 Å². The van der Waals surface area contributed by atoms with Crippen molar-refractivity contribution in [2.24, 2.45) is 0 Å². The van der Waals surface area contributed by atoms with Crippen LogP contribution in [0.3, 0.4) is 0 Å². The number of nitrogens with one attached hydrogen (secondary N) is 1. The summed E-state index contributed by atoms with van der Waals surface area (Å²) in [4.78, 5) is 10.2. The summed E-state index contributed by atoms with van der Waals surface area (Å²) in [6.45, 7) is 2.41. The van der Waals surface area contributed by atoms with Crippen molar-refractivity contribution in [3.63, 3.8) is 0 Å². The fraction of sp³-hybridized carbons (Fsp3) is 0.857. The number of carbonyl (C=O) groups is 1. The molecule has 0 saturated heterocycles. The van der Waals surface area contributed by atoms with Crippen molar-refractivity contribution in [2.45, 2.75) is 19.4 Å². The fourth-order valence-corrected chi connectivity index (χ4v) is 1.19. The van der Waals surface area contributed by atoms with Crippen molar-refractivity contribution < 1.29 is 14.1 Å². The van der Waals surface area contributed by atoms with E-state index in [1.54, 1.807) is 13.2 Å². The van der Waals surface area contributed by atoms with E-state index in [0.29, 0.717) is 12.3 Å². The van der Waals surface area contributed by atoms with Gasteiger partial charge in [0.05, 0.1) is 6.42 Å². The maximum atomic E-state index is 10.6. The van der Waals surface area contributed by atoms with Crippen molar-refractivity contribution in [1.82, 2.24) is 5.32 Å². The van der Waals surface area contributed by atoms with Crippen LogP contribution in [0, 0.1) is 0 Å². The van der Waals surface area contributed by atoms with Crippen LogP contribution in [0.5, 0.6) is 0 Å². The predicted molar refractivity (Wildman–Crippen MR) is 48.7 cm³/mol. The second-order valence-electron chi connectivity index (χ2n) is 2.73. The van der Waals surface area contributed by atoms with Gasteiger partial charge in [0.1, 0.15) is 0 Å². The molecule has 5 heteroatoms. The molecular formula is C7H15NO3S. The zero-order valence-electron chi connectivity index (χ0n) is 7.37. The largest absolute Gasteiger partial charge is 0.481 e. The van der Waals surface area contributed by atoms with E-state index in [2.05, 4.69) is 5.32 Å². The summed E-state index contributed by atoms with van der Waals surface area (Å²) < 4.78 is 10.6. The lowest BCUT2D eigenvalue weighted by Crippen LogP contribution is -2.31.